The highest BCUT2D eigenvalue weighted by atomic mass is 16.6. The molecule has 78 valence electrons. The molecule has 3 heteroatoms. The monoisotopic (exact) mass is 212 g/mol. The molecule has 0 atom stereocenters. The van der Waals surface area contributed by atoms with Crippen LogP contribution in [0.3, 0.4) is 0 Å². The van der Waals surface area contributed by atoms with Crippen LogP contribution >= 0.6 is 0 Å². The van der Waals surface area contributed by atoms with Gasteiger partial charge in [-0.15, -0.1) is 0 Å². The van der Waals surface area contributed by atoms with Gasteiger partial charge in [0.2, 0.25) is 0 Å². The van der Waals surface area contributed by atoms with E-state index in [9.17, 15) is 4.79 Å². The fraction of sp³-hybridized carbons (Fsp3) is 0. The van der Waals surface area contributed by atoms with E-state index in [0.717, 1.165) is 0 Å². The molecule has 0 aliphatic carbocycles. The predicted octanol–water partition coefficient (Wildman–Crippen LogP) is 3.01. The Morgan fingerprint density at radius 2 is 1.25 bits per heavy atom. The Morgan fingerprint density at radius 3 is 2.00 bits per heavy atom. The molecule has 0 radical (unpaired) electrons. The molecule has 0 fully saturated rings. The molecular formula is C13H8O3. The van der Waals surface area contributed by atoms with Gasteiger partial charge < -0.3 is 9.47 Å². The van der Waals surface area contributed by atoms with Crippen LogP contribution in [-0.4, -0.2) is 5.97 Å². The Bertz CT molecular complexity index is 561. The van der Waals surface area contributed by atoms with Crippen LogP contribution < -0.4 is 9.47 Å². The van der Waals surface area contributed by atoms with Crippen molar-refractivity contribution in [3.8, 4) is 17.2 Å². The minimum absolute atomic E-state index is 0.388. The van der Waals surface area contributed by atoms with Crippen LogP contribution in [0.1, 0.15) is 10.4 Å². The van der Waals surface area contributed by atoms with Crippen molar-refractivity contribution >= 4 is 5.97 Å². The van der Waals surface area contributed by atoms with Crippen LogP contribution in [0, 0.1) is 0 Å². The zero-order valence-electron chi connectivity index (χ0n) is 8.34. The quantitative estimate of drug-likeness (QED) is 0.497. The molecule has 0 unspecified atom stereocenters. The molecule has 2 aromatic rings. The molecule has 3 rings (SSSR count). The number of ether oxygens (including phenoxy) is 2. The number of carbonyl (C=O) groups is 1. The maximum Gasteiger partial charge on any atom is 0.347 e. The first kappa shape index (κ1) is 8.97. The molecule has 1 heterocycles. The fourth-order valence-electron chi connectivity index (χ4n) is 1.62. The first-order chi connectivity index (χ1) is 7.84. The largest absolute Gasteiger partial charge is 0.453 e. The number of benzene rings is 2. The van der Waals surface area contributed by atoms with E-state index in [4.69, 9.17) is 9.47 Å². The van der Waals surface area contributed by atoms with Gasteiger partial charge in [0.25, 0.3) is 0 Å². The first-order valence-electron chi connectivity index (χ1n) is 4.93. The van der Waals surface area contributed by atoms with Crippen molar-refractivity contribution in [2.24, 2.45) is 0 Å². The summed E-state index contributed by atoms with van der Waals surface area (Å²) < 4.78 is 10.8. The van der Waals surface area contributed by atoms with E-state index in [1.165, 1.54) is 0 Å². The molecule has 1 aliphatic heterocycles. The molecular weight excluding hydrogens is 204 g/mol. The van der Waals surface area contributed by atoms with Crippen molar-refractivity contribution in [1.82, 2.24) is 0 Å². The normalized spacial score (nSPS) is 12.9. The van der Waals surface area contributed by atoms with Crippen molar-refractivity contribution in [3.05, 3.63) is 54.1 Å². The smallest absolute Gasteiger partial charge is 0.347 e. The highest BCUT2D eigenvalue weighted by Gasteiger charge is 2.21. The molecule has 1 aliphatic rings. The average molecular weight is 212 g/mol. The second-order valence-corrected chi connectivity index (χ2v) is 3.43. The molecule has 0 aromatic heterocycles. The van der Waals surface area contributed by atoms with Gasteiger partial charge in [-0.2, -0.15) is 0 Å². The SMILES string of the molecule is O=C1Oc2ccccc2Oc2ccccc21. The lowest BCUT2D eigenvalue weighted by Crippen LogP contribution is -2.06. The molecule has 0 saturated carbocycles. The number of carbonyl (C=O) groups excluding carboxylic acids is 1. The van der Waals surface area contributed by atoms with Gasteiger partial charge in [-0.1, -0.05) is 24.3 Å². The van der Waals surface area contributed by atoms with Crippen LogP contribution in [0.25, 0.3) is 0 Å². The van der Waals surface area contributed by atoms with Gasteiger partial charge in [0.1, 0.15) is 11.3 Å². The third-order valence-corrected chi connectivity index (χ3v) is 2.38. The van der Waals surface area contributed by atoms with Crippen molar-refractivity contribution in [2.75, 3.05) is 0 Å². The minimum Gasteiger partial charge on any atom is -0.453 e. The summed E-state index contributed by atoms with van der Waals surface area (Å²) in [6, 6.07) is 14.1. The molecule has 0 spiro atoms. The van der Waals surface area contributed by atoms with Crippen molar-refractivity contribution in [2.45, 2.75) is 0 Å². The molecule has 0 bridgehead atoms. The minimum atomic E-state index is -0.388. The standard InChI is InChI=1S/C13H8O3/c14-13-9-5-1-2-6-10(9)15-11-7-3-4-8-12(11)16-13/h1-8H. The van der Waals surface area contributed by atoms with Crippen LogP contribution in [-0.2, 0) is 0 Å². The maximum atomic E-state index is 11.8. The summed E-state index contributed by atoms with van der Waals surface area (Å²) in [5.41, 5.74) is 0.443. The summed E-state index contributed by atoms with van der Waals surface area (Å²) in [6.45, 7) is 0. The van der Waals surface area contributed by atoms with Crippen molar-refractivity contribution in [1.29, 1.82) is 0 Å². The second kappa shape index (κ2) is 3.38. The second-order valence-electron chi connectivity index (χ2n) is 3.43. The summed E-state index contributed by atoms with van der Waals surface area (Å²) in [5, 5.41) is 0. The molecule has 0 amide bonds. The number of rotatable bonds is 0. The lowest BCUT2D eigenvalue weighted by atomic mass is 10.2. The van der Waals surface area contributed by atoms with E-state index in [1.807, 2.05) is 12.1 Å². The van der Waals surface area contributed by atoms with E-state index in [2.05, 4.69) is 0 Å². The van der Waals surface area contributed by atoms with Gasteiger partial charge in [0, 0.05) is 0 Å². The van der Waals surface area contributed by atoms with E-state index >= 15 is 0 Å². The molecule has 3 nitrogen and oxygen atoms in total. The predicted molar refractivity (Wildman–Crippen MR) is 57.9 cm³/mol. The zero-order valence-corrected chi connectivity index (χ0v) is 8.34. The van der Waals surface area contributed by atoms with E-state index in [1.54, 1.807) is 36.4 Å². The van der Waals surface area contributed by atoms with Crippen LogP contribution in [0.2, 0.25) is 0 Å². The van der Waals surface area contributed by atoms with E-state index < -0.39 is 0 Å². The Balaban J connectivity index is 2.18. The number of esters is 1. The Hall–Kier alpha value is -2.29. The topological polar surface area (TPSA) is 35.5 Å². The third kappa shape index (κ3) is 1.34. The van der Waals surface area contributed by atoms with Gasteiger partial charge >= 0.3 is 5.97 Å². The summed E-state index contributed by atoms with van der Waals surface area (Å²) in [7, 11) is 0. The number of para-hydroxylation sites is 3. The van der Waals surface area contributed by atoms with Crippen molar-refractivity contribution in [3.63, 3.8) is 0 Å². The van der Waals surface area contributed by atoms with Gasteiger partial charge in [-0.25, -0.2) is 4.79 Å². The fourth-order valence-corrected chi connectivity index (χ4v) is 1.62. The Kier molecular flexibility index (Phi) is 1.90. The molecule has 2 aromatic carbocycles. The number of hydrogen-bond acceptors (Lipinski definition) is 3. The van der Waals surface area contributed by atoms with Crippen LogP contribution in [0.15, 0.2) is 48.5 Å². The summed E-state index contributed by atoms with van der Waals surface area (Å²) in [6.07, 6.45) is 0. The van der Waals surface area contributed by atoms with E-state index in [0.29, 0.717) is 22.8 Å². The maximum absolute atomic E-state index is 11.8. The first-order valence-corrected chi connectivity index (χ1v) is 4.93. The molecule has 0 N–H and O–H groups in total. The van der Waals surface area contributed by atoms with E-state index in [-0.39, 0.29) is 5.97 Å². The highest BCUT2D eigenvalue weighted by Crippen LogP contribution is 2.36. The van der Waals surface area contributed by atoms with Gasteiger partial charge in [-0.3, -0.25) is 0 Å². The summed E-state index contributed by atoms with van der Waals surface area (Å²) in [5.74, 6) is 1.14. The van der Waals surface area contributed by atoms with Gasteiger partial charge in [0.05, 0.1) is 0 Å². The zero-order chi connectivity index (χ0) is 11.0. The molecule has 16 heavy (non-hydrogen) atoms. The summed E-state index contributed by atoms with van der Waals surface area (Å²) >= 11 is 0. The highest BCUT2D eigenvalue weighted by molar-refractivity contribution is 5.95. The average Bonchev–Trinajstić information content (AvgIpc) is 2.45. The third-order valence-electron chi connectivity index (χ3n) is 2.38. The van der Waals surface area contributed by atoms with Crippen LogP contribution in [0.4, 0.5) is 0 Å². The summed E-state index contributed by atoms with van der Waals surface area (Å²) in [4.78, 5) is 11.8. The Morgan fingerprint density at radius 1 is 0.688 bits per heavy atom. The molecule has 0 saturated heterocycles. The van der Waals surface area contributed by atoms with Crippen LogP contribution in [0.5, 0.6) is 17.2 Å². The lowest BCUT2D eigenvalue weighted by Gasteiger charge is -2.04. The van der Waals surface area contributed by atoms with Gasteiger partial charge in [-0.05, 0) is 24.3 Å². The van der Waals surface area contributed by atoms with Gasteiger partial charge in [0.15, 0.2) is 11.5 Å². The Labute approximate surface area is 92.2 Å². The lowest BCUT2D eigenvalue weighted by molar-refractivity contribution is 0.0737. The number of fused-ring (bicyclic) bond motifs is 2. The number of hydrogen-bond donors (Lipinski definition) is 0. The van der Waals surface area contributed by atoms with Crippen molar-refractivity contribution < 1.29 is 14.3 Å².